The van der Waals surface area contributed by atoms with E-state index in [0.29, 0.717) is 5.75 Å². The molecule has 1 N–H and O–H groups in total. The van der Waals surface area contributed by atoms with Crippen molar-refractivity contribution in [3.63, 3.8) is 0 Å². The van der Waals surface area contributed by atoms with Gasteiger partial charge in [-0.25, -0.2) is 0 Å². The lowest BCUT2D eigenvalue weighted by atomic mass is 10.0. The number of hydrogen-bond acceptors (Lipinski definition) is 2. The fourth-order valence-electron chi connectivity index (χ4n) is 1.52. The summed E-state index contributed by atoms with van der Waals surface area (Å²) in [5.74, 6) is 0.940. The number of rotatable bonds is 0. The summed E-state index contributed by atoms with van der Waals surface area (Å²) in [7, 11) is 0. The maximum absolute atomic E-state index is 9.45. The van der Waals surface area contributed by atoms with Gasteiger partial charge in [0, 0.05) is 0 Å². The first kappa shape index (κ1) is 7.47. The summed E-state index contributed by atoms with van der Waals surface area (Å²) < 4.78 is 5.51. The quantitative estimate of drug-likeness (QED) is 0.636. The van der Waals surface area contributed by atoms with Gasteiger partial charge < -0.3 is 9.84 Å². The molecule has 2 heteroatoms. The Morgan fingerprint density at radius 2 is 2.33 bits per heavy atom. The number of aryl methyl sites for hydroxylation is 1. The molecule has 0 spiro atoms. The van der Waals surface area contributed by atoms with Gasteiger partial charge in [0.25, 0.3) is 0 Å². The molecule has 0 saturated heterocycles. The molecule has 2 nitrogen and oxygen atoms in total. The van der Waals surface area contributed by atoms with Crippen LogP contribution in [0.15, 0.2) is 18.2 Å². The van der Waals surface area contributed by atoms with Crippen LogP contribution in [0.25, 0.3) is 0 Å². The Kier molecular flexibility index (Phi) is 1.68. The molecule has 0 aliphatic carbocycles. The van der Waals surface area contributed by atoms with E-state index in [1.54, 1.807) is 6.07 Å². The van der Waals surface area contributed by atoms with Gasteiger partial charge in [-0.05, 0) is 31.4 Å². The number of benzene rings is 1. The lowest BCUT2D eigenvalue weighted by molar-refractivity contribution is 0.184. The first-order chi connectivity index (χ1) is 5.77. The summed E-state index contributed by atoms with van der Waals surface area (Å²) >= 11 is 0. The van der Waals surface area contributed by atoms with E-state index in [9.17, 15) is 5.11 Å². The number of hydrogen-bond donors (Lipinski definition) is 1. The second kappa shape index (κ2) is 2.70. The minimum atomic E-state index is 0.228. The van der Waals surface area contributed by atoms with Gasteiger partial charge in [-0.15, -0.1) is 0 Å². The van der Waals surface area contributed by atoms with Crippen LogP contribution in [0, 0.1) is 0 Å². The predicted octanol–water partition coefficient (Wildman–Crippen LogP) is 2.11. The molecule has 0 amide bonds. The summed E-state index contributed by atoms with van der Waals surface area (Å²) in [5, 5.41) is 9.45. The number of fused-ring (bicyclic) bond motifs is 1. The van der Waals surface area contributed by atoms with E-state index in [-0.39, 0.29) is 11.9 Å². The number of ether oxygens (including phenoxy) is 1. The Morgan fingerprint density at radius 3 is 3.17 bits per heavy atom. The van der Waals surface area contributed by atoms with Crippen molar-refractivity contribution >= 4 is 0 Å². The molecule has 1 aliphatic rings. The van der Waals surface area contributed by atoms with E-state index < -0.39 is 0 Å². The third-order valence-electron chi connectivity index (χ3n) is 2.22. The number of aromatic hydroxyl groups is 1. The Morgan fingerprint density at radius 1 is 1.50 bits per heavy atom. The van der Waals surface area contributed by atoms with Crippen molar-refractivity contribution in [3.8, 4) is 11.5 Å². The maximum atomic E-state index is 9.45. The zero-order valence-corrected chi connectivity index (χ0v) is 7.08. The van der Waals surface area contributed by atoms with Crippen LogP contribution in [-0.4, -0.2) is 11.2 Å². The van der Waals surface area contributed by atoms with Gasteiger partial charge >= 0.3 is 0 Å². The molecule has 1 atom stereocenters. The molecule has 2 rings (SSSR count). The smallest absolute Gasteiger partial charge is 0.164 e. The fourth-order valence-corrected chi connectivity index (χ4v) is 1.52. The molecule has 1 aromatic carbocycles. The third kappa shape index (κ3) is 1.13. The summed E-state index contributed by atoms with van der Waals surface area (Å²) in [6.07, 6.45) is 2.27. The van der Waals surface area contributed by atoms with E-state index in [4.69, 9.17) is 4.74 Å². The highest BCUT2D eigenvalue weighted by Crippen LogP contribution is 2.35. The standard InChI is InChI=1S/C10H12O2/c1-7-5-6-8-3-2-4-9(11)10(8)12-7/h2-4,7,11H,5-6H2,1H3. The number of para-hydroxylation sites is 1. The van der Waals surface area contributed by atoms with Gasteiger partial charge in [0.05, 0.1) is 6.10 Å². The number of phenols is 1. The maximum Gasteiger partial charge on any atom is 0.164 e. The monoisotopic (exact) mass is 164 g/mol. The van der Waals surface area contributed by atoms with Crippen molar-refractivity contribution in [1.29, 1.82) is 0 Å². The van der Waals surface area contributed by atoms with Crippen LogP contribution in [0.5, 0.6) is 11.5 Å². The third-order valence-corrected chi connectivity index (χ3v) is 2.22. The molecule has 1 heterocycles. The van der Waals surface area contributed by atoms with Gasteiger partial charge in [0.2, 0.25) is 0 Å². The normalized spacial score (nSPS) is 21.2. The van der Waals surface area contributed by atoms with Crippen LogP contribution in [0.2, 0.25) is 0 Å². The van der Waals surface area contributed by atoms with Crippen LogP contribution in [0.4, 0.5) is 0 Å². The first-order valence-corrected chi connectivity index (χ1v) is 4.25. The molecule has 1 aliphatic heterocycles. The molecule has 64 valence electrons. The molecule has 1 aromatic rings. The van der Waals surface area contributed by atoms with Crippen molar-refractivity contribution in [1.82, 2.24) is 0 Å². The van der Waals surface area contributed by atoms with Crippen molar-refractivity contribution in [2.75, 3.05) is 0 Å². The second-order valence-corrected chi connectivity index (χ2v) is 3.23. The molecule has 0 saturated carbocycles. The Balaban J connectivity index is 2.43. The number of phenolic OH excluding ortho intramolecular Hbond substituents is 1. The molecule has 12 heavy (non-hydrogen) atoms. The zero-order valence-electron chi connectivity index (χ0n) is 7.08. The van der Waals surface area contributed by atoms with Gasteiger partial charge in [-0.3, -0.25) is 0 Å². The molecule has 0 fully saturated rings. The van der Waals surface area contributed by atoms with Crippen molar-refractivity contribution in [3.05, 3.63) is 23.8 Å². The summed E-state index contributed by atoms with van der Waals surface area (Å²) in [6.45, 7) is 2.02. The van der Waals surface area contributed by atoms with Crippen LogP contribution >= 0.6 is 0 Å². The summed E-state index contributed by atoms with van der Waals surface area (Å²) in [5.41, 5.74) is 1.12. The largest absolute Gasteiger partial charge is 0.504 e. The van der Waals surface area contributed by atoms with Crippen LogP contribution in [-0.2, 0) is 6.42 Å². The topological polar surface area (TPSA) is 29.5 Å². The van der Waals surface area contributed by atoms with Crippen molar-refractivity contribution < 1.29 is 9.84 Å². The SMILES string of the molecule is CC1CCc2cccc(O)c2O1. The minimum Gasteiger partial charge on any atom is -0.504 e. The van der Waals surface area contributed by atoms with Crippen LogP contribution < -0.4 is 4.74 Å². The molecular weight excluding hydrogens is 152 g/mol. The van der Waals surface area contributed by atoms with E-state index in [0.717, 1.165) is 18.4 Å². The molecule has 1 unspecified atom stereocenters. The van der Waals surface area contributed by atoms with Gasteiger partial charge in [-0.2, -0.15) is 0 Å². The molecule has 0 aromatic heterocycles. The minimum absolute atomic E-state index is 0.228. The van der Waals surface area contributed by atoms with Crippen LogP contribution in [0.3, 0.4) is 0 Å². The van der Waals surface area contributed by atoms with Crippen molar-refractivity contribution in [2.45, 2.75) is 25.9 Å². The summed E-state index contributed by atoms with van der Waals surface area (Å²) in [6, 6.07) is 5.52. The highest BCUT2D eigenvalue weighted by molar-refractivity contribution is 5.46. The van der Waals surface area contributed by atoms with Gasteiger partial charge in [0.15, 0.2) is 11.5 Å². The second-order valence-electron chi connectivity index (χ2n) is 3.23. The average Bonchev–Trinajstić information content (AvgIpc) is 2.07. The van der Waals surface area contributed by atoms with E-state index in [1.807, 2.05) is 19.1 Å². The molecule has 0 bridgehead atoms. The Hall–Kier alpha value is -1.18. The van der Waals surface area contributed by atoms with Crippen molar-refractivity contribution in [2.24, 2.45) is 0 Å². The molecule has 0 radical (unpaired) electrons. The van der Waals surface area contributed by atoms with Crippen LogP contribution in [0.1, 0.15) is 18.9 Å². The fraction of sp³-hybridized carbons (Fsp3) is 0.400. The Bertz CT molecular complexity index is 294. The van der Waals surface area contributed by atoms with E-state index >= 15 is 0 Å². The van der Waals surface area contributed by atoms with E-state index in [1.165, 1.54) is 0 Å². The van der Waals surface area contributed by atoms with Gasteiger partial charge in [-0.1, -0.05) is 12.1 Å². The predicted molar refractivity (Wildman–Crippen MR) is 46.5 cm³/mol. The lowest BCUT2D eigenvalue weighted by Crippen LogP contribution is -2.18. The zero-order chi connectivity index (χ0) is 8.55. The highest BCUT2D eigenvalue weighted by Gasteiger charge is 2.18. The lowest BCUT2D eigenvalue weighted by Gasteiger charge is -2.23. The Labute approximate surface area is 71.8 Å². The summed E-state index contributed by atoms with van der Waals surface area (Å²) in [4.78, 5) is 0. The van der Waals surface area contributed by atoms with Gasteiger partial charge in [0.1, 0.15) is 0 Å². The molecular formula is C10H12O2. The first-order valence-electron chi connectivity index (χ1n) is 4.25. The average molecular weight is 164 g/mol. The highest BCUT2D eigenvalue weighted by atomic mass is 16.5. The van der Waals surface area contributed by atoms with E-state index in [2.05, 4.69) is 0 Å².